The van der Waals surface area contributed by atoms with Gasteiger partial charge in [0.15, 0.2) is 11.4 Å². The number of methoxy groups -OCH3 is 1. The number of primary amides is 1. The number of carbonyl (C=O) groups excluding carboxylic acids is 5. The monoisotopic (exact) mass is 1180 g/mol. The number of nitrogens with zero attached hydrogens (tertiary/aromatic N) is 8. The lowest BCUT2D eigenvalue weighted by molar-refractivity contribution is -0.144. The van der Waals surface area contributed by atoms with Crippen LogP contribution in [0, 0.1) is 12.3 Å². The molecule has 2 aliphatic heterocycles. The Morgan fingerprint density at radius 2 is 1.52 bits per heavy atom. The van der Waals surface area contributed by atoms with Crippen LogP contribution in [0.5, 0.6) is 5.75 Å². The van der Waals surface area contributed by atoms with Crippen LogP contribution >= 0.6 is 11.3 Å². The number of nitrogens with one attached hydrogen (secondary N) is 4. The maximum Gasteiger partial charge on any atom is 0.269 e. The highest BCUT2D eigenvalue weighted by Crippen LogP contribution is 2.38. The number of hydrogen-bond acceptors (Lipinski definition) is 20. The first kappa shape index (κ1) is 62.9. The van der Waals surface area contributed by atoms with Crippen LogP contribution in [0.25, 0.3) is 21.8 Å². The second kappa shape index (κ2) is 29.6. The third kappa shape index (κ3) is 16.4. The first-order valence-electron chi connectivity index (χ1n) is 28.3. The number of aliphatic hydroxyl groups excluding tert-OH is 1. The zero-order valence-corrected chi connectivity index (χ0v) is 49.8. The molecule has 0 bridgehead atoms. The average molecular weight is 1180 g/mol. The number of ether oxygens (including phenoxy) is 6. The van der Waals surface area contributed by atoms with Crippen molar-refractivity contribution < 1.29 is 57.5 Å². The van der Waals surface area contributed by atoms with Crippen LogP contribution in [0.4, 0.5) is 17.3 Å². The second-order valence-corrected chi connectivity index (χ2v) is 22.8. The molecular weight excluding hydrogens is 1100 g/mol. The van der Waals surface area contributed by atoms with Gasteiger partial charge in [0.05, 0.1) is 111 Å². The lowest BCUT2D eigenvalue weighted by Crippen LogP contribution is -2.58. The molecule has 0 spiro atoms. The Hall–Kier alpha value is -7.17. The van der Waals surface area contributed by atoms with Crippen LogP contribution in [0.2, 0.25) is 0 Å². The number of benzene rings is 2. The van der Waals surface area contributed by atoms with Gasteiger partial charge in [-0.05, 0) is 61.1 Å². The van der Waals surface area contributed by atoms with E-state index in [1.165, 1.54) is 12.0 Å². The number of anilines is 3. The molecule has 2 aromatic carbocycles. The molecule has 5 aromatic rings. The summed E-state index contributed by atoms with van der Waals surface area (Å²) in [5.41, 5.74) is 14.6. The highest BCUT2D eigenvalue weighted by molar-refractivity contribution is 7.13. The van der Waals surface area contributed by atoms with Gasteiger partial charge in [0.25, 0.3) is 11.8 Å². The zero-order valence-electron chi connectivity index (χ0n) is 49.0. The number of aryl methyl sites for hydroxylation is 3. The minimum atomic E-state index is -0.985. The van der Waals surface area contributed by atoms with Gasteiger partial charge in [0, 0.05) is 76.7 Å². The lowest BCUT2D eigenvalue weighted by Gasteiger charge is -2.35. The molecule has 1 unspecified atom stereocenters. The largest absolute Gasteiger partial charge is 0.494 e. The molecule has 1 aliphatic carbocycles. The number of thiazole rings is 1. The predicted molar refractivity (Wildman–Crippen MR) is 314 cm³/mol. The molecule has 0 radical (unpaired) electrons. The number of hydrogen-bond donors (Lipinski definition) is 6. The molecule has 3 aliphatic rings. The number of likely N-dealkylation sites (tertiary alicyclic amines) is 1. The molecule has 26 heteroatoms. The number of piperazine rings is 1. The molecule has 2 saturated heterocycles. The van der Waals surface area contributed by atoms with E-state index in [1.807, 2.05) is 64.1 Å². The number of aliphatic hydroxyl groups is 1. The number of β-amino-alcohol motifs (C(OH)–C–C–N with tert-alkyl or cyclic N) is 1. The number of aromatic nitrogens is 5. The van der Waals surface area contributed by atoms with Crippen LogP contribution in [-0.4, -0.2) is 207 Å². The summed E-state index contributed by atoms with van der Waals surface area (Å²) in [6.45, 7) is 13.3. The molecular formula is C58H79N13O12S. The molecule has 3 aromatic heterocycles. The molecule has 454 valence electrons. The summed E-state index contributed by atoms with van der Waals surface area (Å²) in [6.07, 6.45) is 2.17. The fourth-order valence-corrected chi connectivity index (χ4v) is 11.0. The van der Waals surface area contributed by atoms with Crippen LogP contribution in [0.3, 0.4) is 0 Å². The molecule has 3 atom stereocenters. The van der Waals surface area contributed by atoms with Crippen LogP contribution < -0.4 is 36.6 Å². The Kier molecular flexibility index (Phi) is 22.1. The summed E-state index contributed by atoms with van der Waals surface area (Å²) in [5.74, 6) is -1.68. The number of fused-ring (bicyclic) bond motifs is 3. The SMILES string of the molecule is COc1c(Nc2ncc3c(n2)-c2c(c(C(N)=O)nn2C)CC3)cc(N2CCN(C)CC2)cc1C(=O)NCCOCCOCCOCCOCCOCC(=O)NC(C(=O)N1C[C@H](O)C[C@H]1C(=O)NCc1ccc(-c2scnc2C)cc1)C(C)(C)C. The third-order valence-electron chi connectivity index (χ3n) is 14.7. The number of carbonyl (C=O) groups is 5. The van der Waals surface area contributed by atoms with Crippen molar-refractivity contribution in [2.75, 3.05) is 130 Å². The van der Waals surface area contributed by atoms with Crippen molar-refractivity contribution >= 4 is 58.2 Å². The molecule has 2 fully saturated rings. The summed E-state index contributed by atoms with van der Waals surface area (Å²) in [7, 11) is 5.34. The van der Waals surface area contributed by atoms with Crippen molar-refractivity contribution in [1.82, 2.24) is 50.5 Å². The first-order valence-corrected chi connectivity index (χ1v) is 29.1. The standard InChI is InChI=1S/C58H79N13O12S/c1-36-51(84-35-63-36)38-10-8-37(9-11-38)31-61-55(76)45-30-41(72)33-71(45)56(77)52(58(2,3)4)65-46(73)34-83-27-26-82-25-24-81-23-22-80-21-20-79-19-14-60-54(75)43-28-40(70-17-15-68(5)16-18-70)29-44(50(43)78-7)64-57-62-32-39-12-13-42-48(53(59)74)67-69(6)49(42)47(39)66-57/h8-11,28-29,32,35,41,45,52,72H,12-27,30-31,33-34H2,1-7H3,(H2,59,74)(H,60,75)(H,61,76)(H,65,73)(H,62,64,66)/t41-,45+,52?/m1/s1. The Morgan fingerprint density at radius 1 is 0.857 bits per heavy atom. The average Bonchev–Trinajstić information content (AvgIpc) is 1.86. The Bertz CT molecular complexity index is 3070. The van der Waals surface area contributed by atoms with E-state index in [2.05, 4.69) is 53.2 Å². The molecule has 5 amide bonds. The smallest absolute Gasteiger partial charge is 0.269 e. The van der Waals surface area contributed by atoms with E-state index in [9.17, 15) is 29.1 Å². The number of nitrogens with two attached hydrogens (primary N) is 1. The van der Waals surface area contributed by atoms with Gasteiger partial charge in [-0.25, -0.2) is 15.0 Å². The third-order valence-corrected chi connectivity index (χ3v) is 15.7. The van der Waals surface area contributed by atoms with E-state index in [4.69, 9.17) is 39.1 Å². The van der Waals surface area contributed by atoms with Crippen LogP contribution in [0.1, 0.15) is 70.4 Å². The van der Waals surface area contributed by atoms with Gasteiger partial charge in [-0.2, -0.15) is 5.10 Å². The normalized spacial score (nSPS) is 16.4. The van der Waals surface area contributed by atoms with E-state index < -0.39 is 41.3 Å². The fourth-order valence-electron chi connectivity index (χ4n) is 10.2. The van der Waals surface area contributed by atoms with Crippen molar-refractivity contribution in [2.45, 2.75) is 71.7 Å². The lowest BCUT2D eigenvalue weighted by atomic mass is 9.85. The number of rotatable bonds is 29. The number of amides is 5. The summed E-state index contributed by atoms with van der Waals surface area (Å²) in [5, 5.41) is 26.9. The predicted octanol–water partition coefficient (Wildman–Crippen LogP) is 2.63. The van der Waals surface area contributed by atoms with Gasteiger partial charge in [-0.1, -0.05) is 45.0 Å². The van der Waals surface area contributed by atoms with E-state index in [0.717, 1.165) is 64.7 Å². The number of likely N-dealkylation sites (N-methyl/N-ethyl adjacent to an activating group) is 1. The highest BCUT2D eigenvalue weighted by Gasteiger charge is 2.44. The quantitative estimate of drug-likeness (QED) is 0.0375. The van der Waals surface area contributed by atoms with Crippen molar-refractivity contribution in [1.29, 1.82) is 0 Å². The highest BCUT2D eigenvalue weighted by atomic mass is 32.1. The van der Waals surface area contributed by atoms with Crippen molar-refractivity contribution in [3.05, 3.63) is 81.7 Å². The Balaban J connectivity index is 0.688. The van der Waals surface area contributed by atoms with Gasteiger partial charge in [-0.3, -0.25) is 28.7 Å². The molecule has 25 nitrogen and oxygen atoms in total. The van der Waals surface area contributed by atoms with E-state index >= 15 is 0 Å². The summed E-state index contributed by atoms with van der Waals surface area (Å²) in [4.78, 5) is 87.2. The summed E-state index contributed by atoms with van der Waals surface area (Å²) < 4.78 is 35.6. The Labute approximate surface area is 493 Å². The molecule has 7 N–H and O–H groups in total. The van der Waals surface area contributed by atoms with E-state index in [-0.39, 0.29) is 75.9 Å². The maximum atomic E-state index is 14.0. The van der Waals surface area contributed by atoms with Crippen molar-refractivity contribution in [3.8, 4) is 27.6 Å². The van der Waals surface area contributed by atoms with Crippen molar-refractivity contribution in [2.24, 2.45) is 18.2 Å². The molecule has 0 saturated carbocycles. The van der Waals surface area contributed by atoms with Crippen molar-refractivity contribution in [3.63, 3.8) is 0 Å². The zero-order chi connectivity index (χ0) is 59.9. The Morgan fingerprint density at radius 3 is 2.15 bits per heavy atom. The van der Waals surface area contributed by atoms with Gasteiger partial charge in [0.1, 0.15) is 18.7 Å². The van der Waals surface area contributed by atoms with E-state index in [0.29, 0.717) is 80.9 Å². The van der Waals surface area contributed by atoms with Gasteiger partial charge >= 0.3 is 0 Å². The van der Waals surface area contributed by atoms with E-state index in [1.54, 1.807) is 34.8 Å². The minimum absolute atomic E-state index is 0.0312. The molecule has 5 heterocycles. The van der Waals surface area contributed by atoms with Crippen LogP contribution in [-0.2, 0) is 64.5 Å². The molecule has 8 rings (SSSR count). The minimum Gasteiger partial charge on any atom is -0.494 e. The fraction of sp³-hybridized carbons (Fsp3) is 0.534. The first-order chi connectivity index (χ1) is 40.4. The van der Waals surface area contributed by atoms with Crippen LogP contribution in [0.15, 0.2) is 48.1 Å². The second-order valence-electron chi connectivity index (χ2n) is 21.9. The van der Waals surface area contributed by atoms with Gasteiger partial charge in [-0.15, -0.1) is 11.3 Å². The molecule has 84 heavy (non-hydrogen) atoms. The van der Waals surface area contributed by atoms with Gasteiger partial charge in [0.2, 0.25) is 23.7 Å². The maximum absolute atomic E-state index is 14.0. The summed E-state index contributed by atoms with van der Waals surface area (Å²) >= 11 is 1.57. The summed E-state index contributed by atoms with van der Waals surface area (Å²) in [6, 6.07) is 9.72. The topological polar surface area (TPSA) is 301 Å². The van der Waals surface area contributed by atoms with Gasteiger partial charge < -0.3 is 75.2 Å².